The van der Waals surface area contributed by atoms with Gasteiger partial charge in [-0.25, -0.2) is 9.59 Å². The molecule has 0 saturated heterocycles. The van der Waals surface area contributed by atoms with Gasteiger partial charge in [0.2, 0.25) is 12.8 Å². The molecule has 0 radical (unpaired) electrons. The molecule has 0 aromatic heterocycles. The molecule has 0 aromatic carbocycles. The van der Waals surface area contributed by atoms with Crippen molar-refractivity contribution in [2.75, 3.05) is 13.2 Å². The Balaban J connectivity index is 4.13. The quantitative estimate of drug-likeness (QED) is 0.158. The number of unbranched alkanes of at least 4 members (excludes halogenated alkanes) is 3. The zero-order valence-electron chi connectivity index (χ0n) is 19.0. The van der Waals surface area contributed by atoms with E-state index in [-0.39, 0.29) is 13.2 Å². The number of allylic oxidation sites excluding steroid dienone is 2. The molecule has 0 heterocycles. The second-order valence-electron chi connectivity index (χ2n) is 6.80. The van der Waals surface area contributed by atoms with Crippen LogP contribution in [0.2, 0.25) is 0 Å². The lowest BCUT2D eigenvalue weighted by molar-refractivity contribution is -0.156. The molecule has 0 aromatic rings. The fourth-order valence-electron chi connectivity index (χ4n) is 2.50. The van der Waals surface area contributed by atoms with Crippen LogP contribution in [0.5, 0.6) is 0 Å². The van der Waals surface area contributed by atoms with E-state index in [0.29, 0.717) is 38.5 Å². The van der Waals surface area contributed by atoms with Crippen LogP contribution in [0.3, 0.4) is 0 Å². The Morgan fingerprint density at radius 3 is 1.31 bits per heavy atom. The highest BCUT2D eigenvalue weighted by Gasteiger charge is 2.26. The van der Waals surface area contributed by atoms with Crippen molar-refractivity contribution in [2.24, 2.45) is 0 Å². The third-order valence-corrected chi connectivity index (χ3v) is 4.40. The Labute approximate surface area is 188 Å². The molecular formula is C22H32N2O8. The number of nitrogens with zero attached hydrogens (tertiary/aromatic N) is 2. The zero-order valence-corrected chi connectivity index (χ0v) is 19.0. The Hall–Kier alpha value is -3.30. The van der Waals surface area contributed by atoms with E-state index in [4.69, 9.17) is 9.47 Å². The van der Waals surface area contributed by atoms with Crippen molar-refractivity contribution in [2.45, 2.75) is 65.5 Å². The van der Waals surface area contributed by atoms with E-state index >= 15 is 0 Å². The first-order valence-corrected chi connectivity index (χ1v) is 10.4. The van der Waals surface area contributed by atoms with Crippen LogP contribution in [-0.2, 0) is 38.2 Å². The maximum Gasteiger partial charge on any atom is 0.329 e. The zero-order chi connectivity index (χ0) is 24.5. The summed E-state index contributed by atoms with van der Waals surface area (Å²) in [5.41, 5.74) is 0. The molecule has 0 fully saturated rings. The molecule has 2 unspecified atom stereocenters. The molecule has 0 aliphatic heterocycles. The number of rotatable bonds is 15. The Morgan fingerprint density at radius 1 is 0.688 bits per heavy atom. The molecule has 178 valence electrons. The van der Waals surface area contributed by atoms with Crippen molar-refractivity contribution in [3.63, 3.8) is 0 Å². The molecule has 0 aliphatic carbocycles. The summed E-state index contributed by atoms with van der Waals surface area (Å²) < 4.78 is 10.2. The van der Waals surface area contributed by atoms with Gasteiger partial charge in [0.05, 0.1) is 13.2 Å². The summed E-state index contributed by atoms with van der Waals surface area (Å²) in [5, 5.41) is 0. The lowest BCUT2D eigenvalue weighted by atomic mass is 10.2. The summed E-state index contributed by atoms with van der Waals surface area (Å²) >= 11 is 0. The van der Waals surface area contributed by atoms with Gasteiger partial charge in [0, 0.05) is 0 Å². The highest BCUT2D eigenvalue weighted by molar-refractivity contribution is 5.98. The highest BCUT2D eigenvalue weighted by atomic mass is 16.5. The molecule has 10 nitrogen and oxygen atoms in total. The first-order chi connectivity index (χ1) is 15.2. The monoisotopic (exact) mass is 452 g/mol. The van der Waals surface area contributed by atoms with Crippen molar-refractivity contribution < 1.29 is 38.2 Å². The van der Waals surface area contributed by atoms with Gasteiger partial charge in [-0.3, -0.25) is 29.0 Å². The standard InChI is InChI=1S/C22H32N2O8/c1-5-11-19(27)23(15-25)17(3)21(29)31-13-9-7-8-10-14-32-22(30)18(4)24(16-26)20(28)12-6-2/h5-6,11-12,15-18H,7-10,13-14H2,1-4H3/b11-5-,12-6-. The third-order valence-electron chi connectivity index (χ3n) is 4.40. The number of ether oxygens (including phenoxy) is 2. The minimum atomic E-state index is -1.02. The van der Waals surface area contributed by atoms with Gasteiger partial charge >= 0.3 is 11.9 Å². The number of imide groups is 2. The van der Waals surface area contributed by atoms with Crippen LogP contribution in [0.15, 0.2) is 24.3 Å². The number of amides is 4. The van der Waals surface area contributed by atoms with Crippen molar-refractivity contribution in [1.29, 1.82) is 0 Å². The van der Waals surface area contributed by atoms with Gasteiger partial charge in [0.25, 0.3) is 11.8 Å². The van der Waals surface area contributed by atoms with Crippen molar-refractivity contribution in [3.05, 3.63) is 24.3 Å². The first kappa shape index (κ1) is 28.7. The fourth-order valence-corrected chi connectivity index (χ4v) is 2.50. The van der Waals surface area contributed by atoms with Crippen LogP contribution in [0.4, 0.5) is 0 Å². The predicted molar refractivity (Wildman–Crippen MR) is 115 cm³/mol. The summed E-state index contributed by atoms with van der Waals surface area (Å²) in [6.07, 6.45) is 8.40. The van der Waals surface area contributed by atoms with Gasteiger partial charge in [0.15, 0.2) is 0 Å². The molecule has 4 amide bonds. The van der Waals surface area contributed by atoms with E-state index in [1.165, 1.54) is 38.2 Å². The second-order valence-corrected chi connectivity index (χ2v) is 6.80. The molecule has 0 spiro atoms. The van der Waals surface area contributed by atoms with Gasteiger partial charge in [-0.15, -0.1) is 0 Å². The lowest BCUT2D eigenvalue weighted by Gasteiger charge is -2.20. The van der Waals surface area contributed by atoms with Gasteiger partial charge < -0.3 is 9.47 Å². The number of hydrogen-bond acceptors (Lipinski definition) is 8. The summed E-state index contributed by atoms with van der Waals surface area (Å²) in [6, 6.07) is -2.05. The number of carbonyl (C=O) groups is 6. The normalized spacial score (nSPS) is 12.8. The highest BCUT2D eigenvalue weighted by Crippen LogP contribution is 2.06. The first-order valence-electron chi connectivity index (χ1n) is 10.4. The van der Waals surface area contributed by atoms with Crippen molar-refractivity contribution >= 4 is 36.6 Å². The molecule has 0 bridgehead atoms. The summed E-state index contributed by atoms with van der Waals surface area (Å²) in [7, 11) is 0. The molecule has 0 rings (SSSR count). The van der Waals surface area contributed by atoms with Crippen molar-refractivity contribution in [3.8, 4) is 0 Å². The minimum absolute atomic E-state index is 0.131. The minimum Gasteiger partial charge on any atom is -0.464 e. The third kappa shape index (κ3) is 10.1. The second kappa shape index (κ2) is 16.4. The van der Waals surface area contributed by atoms with Crippen molar-refractivity contribution in [1.82, 2.24) is 9.80 Å². The maximum atomic E-state index is 12.0. The largest absolute Gasteiger partial charge is 0.464 e. The van der Waals surface area contributed by atoms with E-state index in [9.17, 15) is 28.8 Å². The fraction of sp³-hybridized carbons (Fsp3) is 0.545. The average molecular weight is 453 g/mol. The molecule has 0 saturated carbocycles. The Kier molecular flexibility index (Phi) is 14.7. The van der Waals surface area contributed by atoms with Crippen LogP contribution >= 0.6 is 0 Å². The van der Waals surface area contributed by atoms with Gasteiger partial charge in [-0.1, -0.05) is 12.2 Å². The molecule has 0 N–H and O–H groups in total. The maximum absolute atomic E-state index is 12.0. The molecular weight excluding hydrogens is 420 g/mol. The lowest BCUT2D eigenvalue weighted by Crippen LogP contribution is -2.42. The topological polar surface area (TPSA) is 127 Å². The van der Waals surface area contributed by atoms with E-state index in [1.54, 1.807) is 13.8 Å². The predicted octanol–water partition coefficient (Wildman–Crippen LogP) is 1.53. The number of hydrogen-bond donors (Lipinski definition) is 0. The Morgan fingerprint density at radius 2 is 1.03 bits per heavy atom. The van der Waals surface area contributed by atoms with Crippen LogP contribution in [-0.4, -0.2) is 71.7 Å². The van der Waals surface area contributed by atoms with Crippen LogP contribution in [0.1, 0.15) is 53.4 Å². The Bertz CT molecular complexity index is 657. The molecule has 0 aliphatic rings. The van der Waals surface area contributed by atoms with Crippen LogP contribution in [0, 0.1) is 0 Å². The summed E-state index contributed by atoms with van der Waals surface area (Å²) in [4.78, 5) is 71.0. The van der Waals surface area contributed by atoms with E-state index in [0.717, 1.165) is 9.80 Å². The van der Waals surface area contributed by atoms with Crippen LogP contribution < -0.4 is 0 Å². The summed E-state index contributed by atoms with van der Waals surface area (Å²) in [5.74, 6) is -2.55. The number of carbonyl (C=O) groups excluding carboxylic acids is 6. The smallest absolute Gasteiger partial charge is 0.329 e. The van der Waals surface area contributed by atoms with Gasteiger partial charge in [-0.05, 0) is 65.5 Å². The van der Waals surface area contributed by atoms with Gasteiger partial charge in [0.1, 0.15) is 12.1 Å². The number of esters is 2. The molecule has 10 heteroatoms. The summed E-state index contributed by atoms with van der Waals surface area (Å²) in [6.45, 7) is 6.32. The van der Waals surface area contributed by atoms with E-state index in [1.807, 2.05) is 0 Å². The average Bonchev–Trinajstić information content (AvgIpc) is 2.76. The van der Waals surface area contributed by atoms with E-state index in [2.05, 4.69) is 0 Å². The van der Waals surface area contributed by atoms with Gasteiger partial charge in [-0.2, -0.15) is 0 Å². The molecule has 2 atom stereocenters. The van der Waals surface area contributed by atoms with E-state index < -0.39 is 35.8 Å². The molecule has 32 heavy (non-hydrogen) atoms. The van der Waals surface area contributed by atoms with Crippen LogP contribution in [0.25, 0.3) is 0 Å². The SMILES string of the molecule is C/C=C\C(=O)N(C=O)C(C)C(=O)OCCCCCCOC(=O)C(C)N(C=O)C(=O)/C=C\C.